The molecule has 0 aliphatic rings. The predicted molar refractivity (Wildman–Crippen MR) is 86.1 cm³/mol. The first-order chi connectivity index (χ1) is 6.59. The molecule has 0 heterocycles. The quantitative estimate of drug-likeness (QED) is 0.797. The summed E-state index contributed by atoms with van der Waals surface area (Å²) in [7, 11) is 0. The normalized spacial score (nSPS) is 10.6. The summed E-state index contributed by atoms with van der Waals surface area (Å²) in [5.41, 5.74) is 5.35. The lowest BCUT2D eigenvalue weighted by atomic mass is 10.1. The van der Waals surface area contributed by atoms with Crippen LogP contribution in [0.1, 0.15) is 48.5 Å². The average molecular weight is 310 g/mol. The van der Waals surface area contributed by atoms with Gasteiger partial charge in [0.05, 0.1) is 0 Å². The van der Waals surface area contributed by atoms with Crippen molar-refractivity contribution in [1.29, 1.82) is 0 Å². The van der Waals surface area contributed by atoms with Crippen molar-refractivity contribution in [2.75, 3.05) is 12.4 Å². The molecule has 0 radical (unpaired) electrons. The minimum atomic E-state index is 0. The molecule has 0 aromatic heterocycles. The molecule has 2 N–H and O–H groups in total. The van der Waals surface area contributed by atoms with Gasteiger partial charge in [0.1, 0.15) is 0 Å². The van der Waals surface area contributed by atoms with Gasteiger partial charge in [0, 0.05) is 30.0 Å². The topological polar surface area (TPSA) is 29.3 Å². The van der Waals surface area contributed by atoms with Gasteiger partial charge in [-0.15, -0.1) is 36.4 Å². The van der Waals surface area contributed by atoms with Crippen molar-refractivity contribution in [1.82, 2.24) is 4.90 Å². The van der Waals surface area contributed by atoms with E-state index in [1.54, 1.807) is 0 Å². The van der Waals surface area contributed by atoms with E-state index in [4.69, 9.17) is 17.3 Å². The molecule has 0 rings (SSSR count). The summed E-state index contributed by atoms with van der Waals surface area (Å²) in [5.74, 6) is 0.732. The molecule has 5 heteroatoms. The molecule has 0 fully saturated rings. The third-order valence-corrected chi connectivity index (χ3v) is 1.84. The molecule has 110 valence electrons. The number of hydrogen-bond donors (Lipinski definition) is 1. The highest BCUT2D eigenvalue weighted by Crippen LogP contribution is 2.03. The molecule has 0 saturated carbocycles. The maximum Gasteiger partial charge on any atom is 0.0351 e. The molecule has 2 nitrogen and oxygen atoms in total. The summed E-state index contributed by atoms with van der Waals surface area (Å²) in [6.07, 6.45) is 0. The van der Waals surface area contributed by atoms with E-state index in [-0.39, 0.29) is 30.4 Å². The number of halogens is 3. The minimum absolute atomic E-state index is 0. The van der Waals surface area contributed by atoms with Crippen LogP contribution < -0.4 is 5.73 Å². The fourth-order valence-corrected chi connectivity index (χ4v) is 1.41. The van der Waals surface area contributed by atoms with E-state index in [9.17, 15) is 0 Å². The van der Waals surface area contributed by atoms with Crippen LogP contribution in [0.2, 0.25) is 0 Å². The Kier molecular flexibility index (Phi) is 20.5. The van der Waals surface area contributed by atoms with Crippen molar-refractivity contribution in [2.24, 2.45) is 5.73 Å². The van der Waals surface area contributed by atoms with Crippen LogP contribution in [0.3, 0.4) is 0 Å². The first-order valence-corrected chi connectivity index (χ1v) is 6.23. The number of nitrogens with zero attached hydrogens (tertiary/aromatic N) is 1. The lowest BCUT2D eigenvalue weighted by Gasteiger charge is -2.29. The van der Waals surface area contributed by atoms with Crippen LogP contribution in [0.25, 0.3) is 0 Å². The smallest absolute Gasteiger partial charge is 0.0351 e. The van der Waals surface area contributed by atoms with Gasteiger partial charge in [0.2, 0.25) is 0 Å². The Morgan fingerprint density at radius 2 is 1.24 bits per heavy atom. The van der Waals surface area contributed by atoms with Gasteiger partial charge in [0.15, 0.2) is 0 Å². The zero-order chi connectivity index (χ0) is 12.6. The first-order valence-electron chi connectivity index (χ1n) is 5.70. The molecule has 0 atom stereocenters. The molecule has 0 bridgehead atoms. The van der Waals surface area contributed by atoms with Crippen molar-refractivity contribution < 1.29 is 0 Å². The average Bonchev–Trinajstić information content (AvgIpc) is 1.95. The third-order valence-electron chi connectivity index (χ3n) is 1.67. The van der Waals surface area contributed by atoms with Gasteiger partial charge < -0.3 is 5.73 Å². The van der Waals surface area contributed by atoms with Gasteiger partial charge in [-0.1, -0.05) is 0 Å². The zero-order valence-electron chi connectivity index (χ0n) is 12.3. The Labute approximate surface area is 125 Å². The molecule has 0 unspecified atom stereocenters. The van der Waals surface area contributed by atoms with Crippen molar-refractivity contribution >= 4 is 36.4 Å². The van der Waals surface area contributed by atoms with Crippen LogP contribution in [0.4, 0.5) is 0 Å². The maximum atomic E-state index is 5.64. The SMILES string of the molecule is CC(C)(C)N.CC(C)N(CCCl)C(C)C.Cl.Cl. The van der Waals surface area contributed by atoms with Crippen LogP contribution in [-0.4, -0.2) is 34.9 Å². The van der Waals surface area contributed by atoms with Crippen LogP contribution >= 0.6 is 36.4 Å². The highest BCUT2D eigenvalue weighted by atomic mass is 35.5. The fraction of sp³-hybridized carbons (Fsp3) is 1.00. The summed E-state index contributed by atoms with van der Waals surface area (Å²) in [4.78, 5) is 2.38. The Morgan fingerprint density at radius 1 is 1.00 bits per heavy atom. The van der Waals surface area contributed by atoms with Crippen molar-refractivity contribution in [3.63, 3.8) is 0 Å². The highest BCUT2D eigenvalue weighted by molar-refractivity contribution is 6.18. The van der Waals surface area contributed by atoms with Gasteiger partial charge in [-0.2, -0.15) is 0 Å². The molecule has 0 aromatic carbocycles. The largest absolute Gasteiger partial charge is 0.326 e. The van der Waals surface area contributed by atoms with Crippen molar-refractivity contribution in [3.05, 3.63) is 0 Å². The van der Waals surface area contributed by atoms with Crippen LogP contribution in [0.5, 0.6) is 0 Å². The first kappa shape index (κ1) is 26.4. The molecule has 0 aliphatic heterocycles. The fourth-order valence-electron chi connectivity index (χ4n) is 1.21. The van der Waals surface area contributed by atoms with E-state index in [0.29, 0.717) is 12.1 Å². The maximum absolute atomic E-state index is 5.64. The summed E-state index contributed by atoms with van der Waals surface area (Å²) < 4.78 is 0. The van der Waals surface area contributed by atoms with Gasteiger partial charge in [-0.05, 0) is 48.5 Å². The molecular formula is C12H31Cl3N2. The molecule has 0 aliphatic carbocycles. The van der Waals surface area contributed by atoms with E-state index < -0.39 is 0 Å². The number of alkyl halides is 1. The second kappa shape index (κ2) is 13.2. The van der Waals surface area contributed by atoms with Gasteiger partial charge in [0.25, 0.3) is 0 Å². The Morgan fingerprint density at radius 3 is 1.29 bits per heavy atom. The summed E-state index contributed by atoms with van der Waals surface area (Å²) in [5, 5.41) is 0. The standard InChI is InChI=1S/C8H18ClN.C4H11N.2ClH/c1-7(2)10(6-5-9)8(3)4;1-4(2,3)5;;/h7-8H,5-6H2,1-4H3;5H2,1-3H3;2*1H. The van der Waals surface area contributed by atoms with Gasteiger partial charge in [-0.3, -0.25) is 4.90 Å². The van der Waals surface area contributed by atoms with Crippen LogP contribution in [0, 0.1) is 0 Å². The molecule has 0 spiro atoms. The lowest BCUT2D eigenvalue weighted by molar-refractivity contribution is 0.187. The van der Waals surface area contributed by atoms with E-state index in [2.05, 4.69) is 32.6 Å². The second-order valence-electron chi connectivity index (χ2n) is 5.48. The van der Waals surface area contributed by atoms with Gasteiger partial charge in [-0.25, -0.2) is 0 Å². The molecule has 0 aromatic rings. The Bertz CT molecular complexity index is 131. The predicted octanol–water partition coefficient (Wildman–Crippen LogP) is 3.93. The molecule has 0 saturated heterocycles. The van der Waals surface area contributed by atoms with E-state index in [1.165, 1.54) is 0 Å². The van der Waals surface area contributed by atoms with E-state index in [1.807, 2.05) is 20.8 Å². The minimum Gasteiger partial charge on any atom is -0.326 e. The molecule has 17 heavy (non-hydrogen) atoms. The van der Waals surface area contributed by atoms with Gasteiger partial charge >= 0.3 is 0 Å². The van der Waals surface area contributed by atoms with Crippen molar-refractivity contribution in [2.45, 2.75) is 66.1 Å². The second-order valence-corrected chi connectivity index (χ2v) is 5.86. The third kappa shape index (κ3) is 26.4. The number of rotatable bonds is 4. The Hall–Kier alpha value is 0.790. The highest BCUT2D eigenvalue weighted by Gasteiger charge is 2.11. The number of nitrogens with two attached hydrogens (primary N) is 1. The van der Waals surface area contributed by atoms with Crippen molar-refractivity contribution in [3.8, 4) is 0 Å². The molecular weight excluding hydrogens is 279 g/mol. The summed E-state index contributed by atoms with van der Waals surface area (Å²) in [6.45, 7) is 15.7. The monoisotopic (exact) mass is 308 g/mol. The number of hydrogen-bond acceptors (Lipinski definition) is 2. The van der Waals surface area contributed by atoms with Crippen LogP contribution in [-0.2, 0) is 0 Å². The van der Waals surface area contributed by atoms with Crippen LogP contribution in [0.15, 0.2) is 0 Å². The summed E-state index contributed by atoms with van der Waals surface area (Å²) in [6, 6.07) is 1.22. The Balaban J connectivity index is -0.000000105. The molecule has 0 amide bonds. The summed E-state index contributed by atoms with van der Waals surface area (Å²) >= 11 is 5.64. The zero-order valence-corrected chi connectivity index (χ0v) is 14.7. The van der Waals surface area contributed by atoms with E-state index in [0.717, 1.165) is 12.4 Å². The van der Waals surface area contributed by atoms with E-state index >= 15 is 0 Å². The lowest BCUT2D eigenvalue weighted by Crippen LogP contribution is -2.38.